The summed E-state index contributed by atoms with van der Waals surface area (Å²) in [5.41, 5.74) is 1.12. The number of nitrogens with zero attached hydrogens (tertiary/aromatic N) is 2. The van der Waals surface area contributed by atoms with Gasteiger partial charge in [-0.05, 0) is 49.8 Å². The van der Waals surface area contributed by atoms with Crippen molar-refractivity contribution in [2.24, 2.45) is 4.99 Å². The molecule has 0 amide bonds. The molecule has 7 heteroatoms. The predicted octanol–water partition coefficient (Wildman–Crippen LogP) is 3.48. The van der Waals surface area contributed by atoms with Crippen LogP contribution in [0.15, 0.2) is 29.3 Å². The van der Waals surface area contributed by atoms with E-state index >= 15 is 0 Å². The highest BCUT2D eigenvalue weighted by Crippen LogP contribution is 2.18. The number of halogens is 1. The molecular formula is C22H34ClN3O3. The molecule has 1 unspecified atom stereocenters. The maximum absolute atomic E-state index is 6.11. The van der Waals surface area contributed by atoms with Crippen molar-refractivity contribution in [3.8, 4) is 0 Å². The van der Waals surface area contributed by atoms with Gasteiger partial charge in [-0.25, -0.2) is 0 Å². The monoisotopic (exact) mass is 423 g/mol. The number of hydrogen-bond acceptors (Lipinski definition) is 4. The molecule has 3 rings (SSSR count). The van der Waals surface area contributed by atoms with Gasteiger partial charge in [0.15, 0.2) is 5.96 Å². The van der Waals surface area contributed by atoms with Crippen LogP contribution in [0.25, 0.3) is 0 Å². The van der Waals surface area contributed by atoms with Crippen molar-refractivity contribution in [1.29, 1.82) is 0 Å². The Kier molecular flexibility index (Phi) is 9.54. The van der Waals surface area contributed by atoms with Crippen LogP contribution in [0.1, 0.15) is 37.7 Å². The fraction of sp³-hybridized carbons (Fsp3) is 0.682. The molecule has 0 saturated carbocycles. The number of likely N-dealkylation sites (tertiary alicyclic amines) is 1. The van der Waals surface area contributed by atoms with E-state index in [1.807, 2.05) is 31.3 Å². The quantitative estimate of drug-likeness (QED) is 0.394. The summed E-state index contributed by atoms with van der Waals surface area (Å²) in [5.74, 6) is 0.939. The van der Waals surface area contributed by atoms with Gasteiger partial charge in [-0.1, -0.05) is 23.7 Å². The van der Waals surface area contributed by atoms with Gasteiger partial charge >= 0.3 is 0 Å². The number of nitrogens with one attached hydrogen (secondary N) is 1. The van der Waals surface area contributed by atoms with E-state index in [0.717, 1.165) is 68.7 Å². The maximum Gasteiger partial charge on any atom is 0.193 e. The second kappa shape index (κ2) is 12.4. The lowest BCUT2D eigenvalue weighted by Gasteiger charge is -2.35. The molecular weight excluding hydrogens is 390 g/mol. The number of benzene rings is 1. The zero-order valence-electron chi connectivity index (χ0n) is 17.4. The van der Waals surface area contributed by atoms with Gasteiger partial charge in [0.25, 0.3) is 0 Å². The van der Waals surface area contributed by atoms with E-state index in [1.54, 1.807) is 0 Å². The maximum atomic E-state index is 6.11. The highest BCUT2D eigenvalue weighted by Gasteiger charge is 2.23. The van der Waals surface area contributed by atoms with Crippen molar-refractivity contribution in [3.63, 3.8) is 0 Å². The number of aliphatic imine (C=N–C) groups is 1. The molecule has 2 aliphatic rings. The fourth-order valence-electron chi connectivity index (χ4n) is 3.75. The third-order valence-corrected chi connectivity index (χ3v) is 5.71. The molecule has 6 nitrogen and oxygen atoms in total. The molecule has 0 aliphatic carbocycles. The lowest BCUT2D eigenvalue weighted by atomic mass is 10.1. The van der Waals surface area contributed by atoms with Crippen LogP contribution in [0.5, 0.6) is 0 Å². The summed E-state index contributed by atoms with van der Waals surface area (Å²) in [5, 5.41) is 4.15. The summed E-state index contributed by atoms with van der Waals surface area (Å²) in [6.07, 6.45) is 6.27. The van der Waals surface area contributed by atoms with E-state index in [9.17, 15) is 0 Å². The zero-order valence-corrected chi connectivity index (χ0v) is 18.2. The molecule has 2 aliphatic heterocycles. The Morgan fingerprint density at radius 3 is 2.69 bits per heavy atom. The molecule has 1 aromatic carbocycles. The smallest absolute Gasteiger partial charge is 0.193 e. The van der Waals surface area contributed by atoms with E-state index in [-0.39, 0.29) is 0 Å². The molecule has 0 bridgehead atoms. The molecule has 1 aromatic rings. The van der Waals surface area contributed by atoms with Gasteiger partial charge in [0, 0.05) is 38.3 Å². The van der Waals surface area contributed by atoms with Crippen molar-refractivity contribution < 1.29 is 14.2 Å². The Morgan fingerprint density at radius 2 is 2.00 bits per heavy atom. The minimum absolute atomic E-state index is 0.295. The van der Waals surface area contributed by atoms with E-state index in [2.05, 4.69) is 15.2 Å². The van der Waals surface area contributed by atoms with Crippen molar-refractivity contribution in [3.05, 3.63) is 34.9 Å². The van der Waals surface area contributed by atoms with Crippen LogP contribution in [0.3, 0.4) is 0 Å². The first-order valence-corrected chi connectivity index (χ1v) is 11.1. The van der Waals surface area contributed by atoms with E-state index in [4.69, 9.17) is 25.8 Å². The highest BCUT2D eigenvalue weighted by molar-refractivity contribution is 6.30. The SMILES string of the molecule is CN=C(NCCOCc1ccc(Cl)cc1)N1CCC(OCC2CCCCO2)CC1. The summed E-state index contributed by atoms with van der Waals surface area (Å²) in [7, 11) is 1.83. The van der Waals surface area contributed by atoms with Gasteiger partial charge in [-0.2, -0.15) is 0 Å². The predicted molar refractivity (Wildman–Crippen MR) is 117 cm³/mol. The summed E-state index contributed by atoms with van der Waals surface area (Å²) in [6, 6.07) is 7.74. The molecule has 0 spiro atoms. The molecule has 0 radical (unpaired) electrons. The van der Waals surface area contributed by atoms with Gasteiger partial charge < -0.3 is 24.4 Å². The Labute approximate surface area is 179 Å². The Balaban J connectivity index is 1.28. The fourth-order valence-corrected chi connectivity index (χ4v) is 3.88. The number of piperidine rings is 1. The third-order valence-electron chi connectivity index (χ3n) is 5.46. The molecule has 1 atom stereocenters. The lowest BCUT2D eigenvalue weighted by molar-refractivity contribution is -0.0721. The van der Waals surface area contributed by atoms with Gasteiger partial charge in [-0.15, -0.1) is 0 Å². The average molecular weight is 424 g/mol. The van der Waals surface area contributed by atoms with Crippen LogP contribution in [-0.4, -0.2) is 69.6 Å². The normalized spacial score (nSPS) is 21.4. The zero-order chi connectivity index (χ0) is 20.3. The summed E-state index contributed by atoms with van der Waals surface area (Å²) < 4.78 is 17.6. The van der Waals surface area contributed by atoms with Crippen molar-refractivity contribution in [2.75, 3.05) is 46.5 Å². The minimum atomic E-state index is 0.295. The third kappa shape index (κ3) is 7.78. The number of rotatable bonds is 8. The standard InChI is InChI=1S/C22H34ClN3O3/c1-24-22(25-11-15-27-16-18-5-7-19(23)8-6-18)26-12-9-20(10-13-26)29-17-21-4-2-3-14-28-21/h5-8,20-21H,2-4,9-17H2,1H3,(H,24,25). The second-order valence-electron chi connectivity index (χ2n) is 7.66. The van der Waals surface area contributed by atoms with Gasteiger partial charge in [0.05, 0.1) is 32.0 Å². The Bertz CT molecular complexity index is 612. The van der Waals surface area contributed by atoms with E-state index in [0.29, 0.717) is 25.4 Å². The molecule has 29 heavy (non-hydrogen) atoms. The first-order valence-electron chi connectivity index (χ1n) is 10.8. The number of ether oxygens (including phenoxy) is 3. The second-order valence-corrected chi connectivity index (χ2v) is 8.10. The lowest BCUT2D eigenvalue weighted by Crippen LogP contribution is -2.48. The van der Waals surface area contributed by atoms with Crippen molar-refractivity contribution >= 4 is 17.6 Å². The van der Waals surface area contributed by atoms with Crippen LogP contribution in [0.4, 0.5) is 0 Å². The molecule has 0 aromatic heterocycles. The van der Waals surface area contributed by atoms with E-state index < -0.39 is 0 Å². The molecule has 162 valence electrons. The Morgan fingerprint density at radius 1 is 1.21 bits per heavy atom. The van der Waals surface area contributed by atoms with Crippen LogP contribution < -0.4 is 5.32 Å². The van der Waals surface area contributed by atoms with Crippen LogP contribution in [-0.2, 0) is 20.8 Å². The first-order chi connectivity index (χ1) is 14.2. The van der Waals surface area contributed by atoms with Crippen molar-refractivity contribution in [1.82, 2.24) is 10.2 Å². The van der Waals surface area contributed by atoms with Gasteiger partial charge in [-0.3, -0.25) is 4.99 Å². The largest absolute Gasteiger partial charge is 0.376 e. The van der Waals surface area contributed by atoms with Gasteiger partial charge in [0.1, 0.15) is 0 Å². The summed E-state index contributed by atoms with van der Waals surface area (Å²) in [4.78, 5) is 6.72. The molecule has 2 fully saturated rings. The molecule has 1 N–H and O–H groups in total. The minimum Gasteiger partial charge on any atom is -0.376 e. The van der Waals surface area contributed by atoms with Gasteiger partial charge in [0.2, 0.25) is 0 Å². The summed E-state index contributed by atoms with van der Waals surface area (Å²) in [6.45, 7) is 5.49. The van der Waals surface area contributed by atoms with Crippen LogP contribution in [0.2, 0.25) is 5.02 Å². The van der Waals surface area contributed by atoms with Crippen LogP contribution >= 0.6 is 11.6 Å². The number of guanidine groups is 1. The Hall–Kier alpha value is -1.34. The molecule has 2 heterocycles. The van der Waals surface area contributed by atoms with E-state index in [1.165, 1.54) is 12.8 Å². The first kappa shape index (κ1) is 22.3. The summed E-state index contributed by atoms with van der Waals surface area (Å²) >= 11 is 5.90. The van der Waals surface area contributed by atoms with Crippen LogP contribution in [0, 0.1) is 0 Å². The molecule has 2 saturated heterocycles. The highest BCUT2D eigenvalue weighted by atomic mass is 35.5. The number of hydrogen-bond donors (Lipinski definition) is 1. The van der Waals surface area contributed by atoms with Crippen molar-refractivity contribution in [2.45, 2.75) is 50.9 Å². The average Bonchev–Trinajstić information content (AvgIpc) is 2.77. The topological polar surface area (TPSA) is 55.3 Å².